The molecule has 0 aliphatic heterocycles. The average molecular weight is 341 g/mol. The lowest BCUT2D eigenvalue weighted by molar-refractivity contribution is -0.118. The largest absolute Gasteiger partial charge is 0.493 e. The van der Waals surface area contributed by atoms with Gasteiger partial charge in [-0.15, -0.1) is 0 Å². The highest BCUT2D eigenvalue weighted by Crippen LogP contribution is 2.27. The van der Waals surface area contributed by atoms with Gasteiger partial charge in [-0.2, -0.15) is 5.10 Å². The summed E-state index contributed by atoms with van der Waals surface area (Å²) in [6.07, 6.45) is 1.67. The zero-order valence-electron chi connectivity index (χ0n) is 14.9. The smallest absolute Gasteiger partial charge is 0.262 e. The minimum Gasteiger partial charge on any atom is -0.493 e. The predicted molar refractivity (Wildman–Crippen MR) is 99.7 cm³/mol. The Morgan fingerprint density at radius 3 is 2.64 bits per heavy atom. The van der Waals surface area contributed by atoms with E-state index in [-0.39, 0.29) is 12.5 Å². The summed E-state index contributed by atoms with van der Waals surface area (Å²) < 4.78 is 10.9. The summed E-state index contributed by atoms with van der Waals surface area (Å²) in [4.78, 5) is 12.1. The van der Waals surface area contributed by atoms with Crippen molar-refractivity contribution in [2.75, 3.05) is 26.1 Å². The summed E-state index contributed by atoms with van der Waals surface area (Å²) in [5, 5.41) is 6.80. The molecule has 0 saturated carbocycles. The Morgan fingerprint density at radius 1 is 1.16 bits per heavy atom. The molecule has 6 heteroatoms. The van der Waals surface area contributed by atoms with Crippen LogP contribution in [0.3, 0.4) is 0 Å². The van der Waals surface area contributed by atoms with E-state index in [1.54, 1.807) is 32.5 Å². The first kappa shape index (κ1) is 18.3. The predicted octanol–water partition coefficient (Wildman–Crippen LogP) is 2.88. The van der Waals surface area contributed by atoms with Gasteiger partial charge >= 0.3 is 0 Å². The molecule has 0 bridgehead atoms. The number of carbonyl (C=O) groups excluding carboxylic acids is 1. The van der Waals surface area contributed by atoms with Crippen LogP contribution in [-0.2, 0) is 4.79 Å². The highest BCUT2D eigenvalue weighted by molar-refractivity contribution is 5.92. The number of methoxy groups -OCH3 is 1. The van der Waals surface area contributed by atoms with Gasteiger partial charge in [-0.25, -0.2) is 0 Å². The molecule has 25 heavy (non-hydrogen) atoms. The van der Waals surface area contributed by atoms with Gasteiger partial charge in [-0.3, -0.25) is 4.79 Å². The Balaban J connectivity index is 2.00. The molecule has 0 unspecified atom stereocenters. The Hall–Kier alpha value is -3.02. The molecule has 0 aliphatic rings. The quantitative estimate of drug-likeness (QED) is 0.600. The molecule has 132 valence electrons. The van der Waals surface area contributed by atoms with Gasteiger partial charge in [0.25, 0.3) is 5.91 Å². The molecular weight excluding hydrogens is 318 g/mol. The van der Waals surface area contributed by atoms with Gasteiger partial charge in [0, 0.05) is 12.7 Å². The third kappa shape index (κ3) is 5.24. The molecular formula is C19H23N3O3. The Morgan fingerprint density at radius 2 is 1.96 bits per heavy atom. The van der Waals surface area contributed by atoms with Crippen LogP contribution in [0.2, 0.25) is 0 Å². The van der Waals surface area contributed by atoms with Gasteiger partial charge in [0.1, 0.15) is 0 Å². The molecule has 1 amide bonds. The Bertz CT molecular complexity index is 773. The summed E-state index contributed by atoms with van der Waals surface area (Å²) in [6.45, 7) is 3.87. The van der Waals surface area contributed by atoms with Crippen molar-refractivity contribution in [1.82, 2.24) is 5.43 Å². The van der Waals surface area contributed by atoms with Crippen molar-refractivity contribution in [2.45, 2.75) is 13.8 Å². The maximum absolute atomic E-state index is 12.1. The number of ether oxygens (including phenoxy) is 2. The van der Waals surface area contributed by atoms with Crippen LogP contribution < -0.4 is 20.2 Å². The summed E-state index contributed by atoms with van der Waals surface area (Å²) in [5.41, 5.74) is 6.49. The molecule has 2 rings (SSSR count). The number of nitrogens with one attached hydrogen (secondary N) is 2. The standard InChI is InChI=1S/C19H23N3O3/c1-13-5-7-16(14(2)9-13)22-19(23)12-25-17-8-6-15(11-21-20-3)10-18(17)24-4/h5-11,20H,12H2,1-4H3,(H,22,23)/b21-11+. The Kier molecular flexibility index (Phi) is 6.39. The molecule has 0 aliphatic carbocycles. The maximum Gasteiger partial charge on any atom is 0.262 e. The minimum absolute atomic E-state index is 0.104. The molecule has 0 radical (unpaired) electrons. The van der Waals surface area contributed by atoms with Crippen LogP contribution in [0.5, 0.6) is 11.5 Å². The summed E-state index contributed by atoms with van der Waals surface area (Å²) >= 11 is 0. The Labute approximate surface area is 147 Å². The van der Waals surface area contributed by atoms with Gasteiger partial charge in [0.15, 0.2) is 18.1 Å². The number of rotatable bonds is 7. The van der Waals surface area contributed by atoms with E-state index in [9.17, 15) is 4.79 Å². The van der Waals surface area contributed by atoms with E-state index in [1.807, 2.05) is 38.1 Å². The van der Waals surface area contributed by atoms with Crippen molar-refractivity contribution in [3.8, 4) is 11.5 Å². The molecule has 0 heterocycles. The van der Waals surface area contributed by atoms with Gasteiger partial charge < -0.3 is 20.2 Å². The number of hydrazone groups is 1. The van der Waals surface area contributed by atoms with Crippen molar-refractivity contribution in [1.29, 1.82) is 0 Å². The van der Waals surface area contributed by atoms with Crippen molar-refractivity contribution in [2.24, 2.45) is 5.10 Å². The van der Waals surface area contributed by atoms with Crippen LogP contribution in [0.25, 0.3) is 0 Å². The van der Waals surface area contributed by atoms with Gasteiger partial charge in [0.2, 0.25) is 0 Å². The minimum atomic E-state index is -0.227. The molecule has 2 aromatic carbocycles. The second kappa shape index (κ2) is 8.73. The van der Waals surface area contributed by atoms with Crippen LogP contribution in [0.1, 0.15) is 16.7 Å². The molecule has 6 nitrogen and oxygen atoms in total. The van der Waals surface area contributed by atoms with E-state index < -0.39 is 0 Å². The first-order chi connectivity index (χ1) is 12.0. The third-order valence-electron chi connectivity index (χ3n) is 3.55. The number of nitrogens with zero attached hydrogens (tertiary/aromatic N) is 1. The number of carbonyl (C=O) groups is 1. The molecule has 2 aromatic rings. The van der Waals surface area contributed by atoms with Crippen molar-refractivity contribution in [3.63, 3.8) is 0 Å². The monoisotopic (exact) mass is 341 g/mol. The summed E-state index contributed by atoms with van der Waals surface area (Å²) in [6, 6.07) is 11.2. The second-order valence-electron chi connectivity index (χ2n) is 5.55. The second-order valence-corrected chi connectivity index (χ2v) is 5.55. The summed E-state index contributed by atoms with van der Waals surface area (Å²) in [7, 11) is 3.27. The number of anilines is 1. The molecule has 0 saturated heterocycles. The molecule has 0 spiro atoms. The zero-order valence-corrected chi connectivity index (χ0v) is 14.9. The van der Waals surface area contributed by atoms with Crippen molar-refractivity contribution in [3.05, 3.63) is 53.1 Å². The normalized spacial score (nSPS) is 10.6. The molecule has 0 fully saturated rings. The fourth-order valence-electron chi connectivity index (χ4n) is 2.31. The highest BCUT2D eigenvalue weighted by atomic mass is 16.5. The van der Waals surface area contributed by atoms with Crippen molar-refractivity contribution < 1.29 is 14.3 Å². The van der Waals surface area contributed by atoms with E-state index in [0.717, 1.165) is 22.4 Å². The number of aryl methyl sites for hydroxylation is 2. The molecule has 2 N–H and O–H groups in total. The van der Waals surface area contributed by atoms with E-state index in [1.165, 1.54) is 0 Å². The van der Waals surface area contributed by atoms with E-state index in [4.69, 9.17) is 9.47 Å². The van der Waals surface area contributed by atoms with E-state index in [0.29, 0.717) is 11.5 Å². The van der Waals surface area contributed by atoms with E-state index in [2.05, 4.69) is 15.8 Å². The summed E-state index contributed by atoms with van der Waals surface area (Å²) in [5.74, 6) is 0.814. The molecule has 0 atom stereocenters. The van der Waals surface area contributed by atoms with E-state index >= 15 is 0 Å². The topological polar surface area (TPSA) is 72.0 Å². The van der Waals surface area contributed by atoms with Crippen LogP contribution >= 0.6 is 0 Å². The average Bonchev–Trinajstić information content (AvgIpc) is 2.60. The number of hydrogen-bond donors (Lipinski definition) is 2. The lowest BCUT2D eigenvalue weighted by Crippen LogP contribution is -2.20. The van der Waals surface area contributed by atoms with Crippen LogP contribution in [0.4, 0.5) is 5.69 Å². The third-order valence-corrected chi connectivity index (χ3v) is 3.55. The zero-order chi connectivity index (χ0) is 18.2. The lowest BCUT2D eigenvalue weighted by atomic mass is 10.1. The lowest BCUT2D eigenvalue weighted by Gasteiger charge is -2.12. The molecule has 0 aromatic heterocycles. The number of benzene rings is 2. The van der Waals surface area contributed by atoms with Crippen molar-refractivity contribution >= 4 is 17.8 Å². The van der Waals surface area contributed by atoms with Crippen LogP contribution in [0, 0.1) is 13.8 Å². The van der Waals surface area contributed by atoms with Gasteiger partial charge in [0.05, 0.1) is 13.3 Å². The first-order valence-corrected chi connectivity index (χ1v) is 7.91. The fraction of sp³-hybridized carbons (Fsp3) is 0.263. The fourth-order valence-corrected chi connectivity index (χ4v) is 2.31. The highest BCUT2D eigenvalue weighted by Gasteiger charge is 2.09. The number of hydrogen-bond acceptors (Lipinski definition) is 5. The first-order valence-electron chi connectivity index (χ1n) is 7.91. The number of amides is 1. The van der Waals surface area contributed by atoms with Gasteiger partial charge in [-0.05, 0) is 49.2 Å². The maximum atomic E-state index is 12.1. The van der Waals surface area contributed by atoms with Crippen LogP contribution in [-0.4, -0.2) is 32.9 Å². The van der Waals surface area contributed by atoms with Gasteiger partial charge in [-0.1, -0.05) is 17.7 Å². The SMILES string of the molecule is CN/N=C/c1ccc(OCC(=O)Nc2ccc(C)cc2C)c(OC)c1. The van der Waals surface area contributed by atoms with Crippen LogP contribution in [0.15, 0.2) is 41.5 Å².